The van der Waals surface area contributed by atoms with Crippen molar-refractivity contribution in [2.24, 2.45) is 5.73 Å². The highest BCUT2D eigenvalue weighted by Gasteiger charge is 2.17. The molecule has 100 valence electrons. The van der Waals surface area contributed by atoms with E-state index >= 15 is 0 Å². The van der Waals surface area contributed by atoms with E-state index in [-0.39, 0.29) is 5.82 Å². The largest absolute Gasteiger partial charge is 0.320 e. The molecule has 19 heavy (non-hydrogen) atoms. The molecule has 1 unspecified atom stereocenters. The van der Waals surface area contributed by atoms with Gasteiger partial charge < -0.3 is 5.73 Å². The van der Waals surface area contributed by atoms with Gasteiger partial charge in [-0.3, -0.25) is 4.98 Å². The van der Waals surface area contributed by atoms with Crippen LogP contribution in [0.4, 0.5) is 4.39 Å². The molecule has 0 saturated carbocycles. The number of benzene rings is 1. The summed E-state index contributed by atoms with van der Waals surface area (Å²) in [6.07, 6.45) is 0. The molecule has 0 spiro atoms. The fourth-order valence-electron chi connectivity index (χ4n) is 2.53. The van der Waals surface area contributed by atoms with Crippen LogP contribution >= 0.6 is 0 Å². The monoisotopic (exact) mass is 258 g/mol. The molecule has 2 aromatic rings. The second-order valence-corrected chi connectivity index (χ2v) is 5.14. The number of nitrogens with two attached hydrogens (primary N) is 1. The van der Waals surface area contributed by atoms with Crippen molar-refractivity contribution in [3.63, 3.8) is 0 Å². The lowest BCUT2D eigenvalue weighted by molar-refractivity contribution is 0.595. The first-order valence-corrected chi connectivity index (χ1v) is 6.36. The fourth-order valence-corrected chi connectivity index (χ4v) is 2.53. The van der Waals surface area contributed by atoms with Crippen LogP contribution in [0.5, 0.6) is 0 Å². The van der Waals surface area contributed by atoms with E-state index in [9.17, 15) is 4.39 Å². The Morgan fingerprint density at radius 2 is 1.58 bits per heavy atom. The molecule has 0 aliphatic heterocycles. The Hall–Kier alpha value is -1.74. The van der Waals surface area contributed by atoms with Gasteiger partial charge in [-0.1, -0.05) is 6.07 Å². The molecule has 0 aliphatic carbocycles. The summed E-state index contributed by atoms with van der Waals surface area (Å²) in [5.41, 5.74) is 11.3. The molecule has 3 heteroatoms. The number of rotatable bonds is 2. The quantitative estimate of drug-likeness (QED) is 0.895. The van der Waals surface area contributed by atoms with Gasteiger partial charge in [0.15, 0.2) is 0 Å². The highest BCUT2D eigenvalue weighted by atomic mass is 19.1. The molecule has 1 heterocycles. The van der Waals surface area contributed by atoms with Gasteiger partial charge in [0.1, 0.15) is 5.82 Å². The van der Waals surface area contributed by atoms with Crippen LogP contribution in [0.1, 0.15) is 39.7 Å². The summed E-state index contributed by atoms with van der Waals surface area (Å²) in [4.78, 5) is 4.32. The smallest absolute Gasteiger partial charge is 0.128 e. The fraction of sp³-hybridized carbons (Fsp3) is 0.312. The van der Waals surface area contributed by atoms with Crippen LogP contribution in [-0.2, 0) is 0 Å². The van der Waals surface area contributed by atoms with E-state index in [2.05, 4.69) is 4.98 Å². The van der Waals surface area contributed by atoms with Crippen molar-refractivity contribution >= 4 is 0 Å². The predicted octanol–water partition coefficient (Wildman–Crippen LogP) is 3.50. The van der Waals surface area contributed by atoms with Gasteiger partial charge in [-0.2, -0.15) is 0 Å². The zero-order valence-electron chi connectivity index (χ0n) is 11.8. The Bertz CT molecular complexity index is 577. The van der Waals surface area contributed by atoms with E-state index in [1.54, 1.807) is 0 Å². The minimum Gasteiger partial charge on any atom is -0.320 e. The zero-order chi connectivity index (χ0) is 14.2. The van der Waals surface area contributed by atoms with Crippen LogP contribution in [0.15, 0.2) is 24.3 Å². The number of halogens is 1. The molecule has 2 N–H and O–H groups in total. The van der Waals surface area contributed by atoms with E-state index in [1.165, 1.54) is 6.07 Å². The SMILES string of the molecule is Cc1cc(C)c(C(N)c2cc(C)nc(C)c2)c(F)c1. The van der Waals surface area contributed by atoms with Crippen molar-refractivity contribution in [3.05, 3.63) is 63.7 Å². The van der Waals surface area contributed by atoms with Crippen LogP contribution in [0, 0.1) is 33.5 Å². The van der Waals surface area contributed by atoms with E-state index in [0.29, 0.717) is 5.56 Å². The van der Waals surface area contributed by atoms with Crippen molar-refractivity contribution in [1.29, 1.82) is 0 Å². The molecular formula is C16H19FN2. The summed E-state index contributed by atoms with van der Waals surface area (Å²) in [7, 11) is 0. The Morgan fingerprint density at radius 1 is 1.00 bits per heavy atom. The van der Waals surface area contributed by atoms with Gasteiger partial charge in [-0.05, 0) is 62.6 Å². The maximum Gasteiger partial charge on any atom is 0.128 e. The highest BCUT2D eigenvalue weighted by molar-refractivity contribution is 5.40. The maximum atomic E-state index is 14.2. The van der Waals surface area contributed by atoms with Crippen molar-refractivity contribution in [3.8, 4) is 0 Å². The van der Waals surface area contributed by atoms with Crippen LogP contribution in [0.25, 0.3) is 0 Å². The zero-order valence-corrected chi connectivity index (χ0v) is 11.8. The molecule has 2 rings (SSSR count). The second kappa shape index (κ2) is 5.10. The Balaban J connectivity index is 2.52. The molecule has 0 saturated heterocycles. The van der Waals surface area contributed by atoms with E-state index in [1.807, 2.05) is 45.9 Å². The molecule has 2 nitrogen and oxygen atoms in total. The number of aryl methyl sites for hydroxylation is 4. The summed E-state index contributed by atoms with van der Waals surface area (Å²) in [5.74, 6) is -0.239. The van der Waals surface area contributed by atoms with Crippen LogP contribution in [0.2, 0.25) is 0 Å². The van der Waals surface area contributed by atoms with Crippen LogP contribution < -0.4 is 5.73 Å². The molecule has 0 radical (unpaired) electrons. The first-order chi connectivity index (χ1) is 8.88. The number of hydrogen-bond donors (Lipinski definition) is 1. The molecule has 0 fully saturated rings. The minimum atomic E-state index is -0.457. The van der Waals surface area contributed by atoms with E-state index in [4.69, 9.17) is 5.73 Å². The number of pyridine rings is 1. The first kappa shape index (κ1) is 13.7. The number of aromatic nitrogens is 1. The van der Waals surface area contributed by atoms with Crippen LogP contribution in [0.3, 0.4) is 0 Å². The van der Waals surface area contributed by atoms with E-state index in [0.717, 1.165) is 28.1 Å². The third-order valence-electron chi connectivity index (χ3n) is 3.25. The molecule has 1 aromatic carbocycles. The van der Waals surface area contributed by atoms with Gasteiger partial charge in [0.2, 0.25) is 0 Å². The summed E-state index contributed by atoms with van der Waals surface area (Å²) >= 11 is 0. The molecule has 0 aliphatic rings. The maximum absolute atomic E-state index is 14.2. The summed E-state index contributed by atoms with van der Waals surface area (Å²) in [6.45, 7) is 7.61. The van der Waals surface area contributed by atoms with Crippen molar-refractivity contribution in [1.82, 2.24) is 4.98 Å². The standard InChI is InChI=1S/C16H19FN2/c1-9-5-10(2)15(14(17)6-9)16(18)13-7-11(3)19-12(4)8-13/h5-8,16H,18H2,1-4H3. The Kier molecular flexibility index (Phi) is 3.67. The van der Waals surface area contributed by atoms with E-state index < -0.39 is 6.04 Å². The number of hydrogen-bond acceptors (Lipinski definition) is 2. The summed E-state index contributed by atoms with van der Waals surface area (Å²) in [6, 6.07) is 6.86. The van der Waals surface area contributed by atoms with Crippen molar-refractivity contribution in [2.45, 2.75) is 33.7 Å². The molecule has 0 bridgehead atoms. The summed E-state index contributed by atoms with van der Waals surface area (Å²) in [5, 5.41) is 0. The van der Waals surface area contributed by atoms with Crippen molar-refractivity contribution in [2.75, 3.05) is 0 Å². The third-order valence-corrected chi connectivity index (χ3v) is 3.25. The second-order valence-electron chi connectivity index (χ2n) is 5.14. The lowest BCUT2D eigenvalue weighted by Crippen LogP contribution is -2.16. The van der Waals surface area contributed by atoms with Gasteiger partial charge in [-0.25, -0.2) is 4.39 Å². The molecule has 1 aromatic heterocycles. The van der Waals surface area contributed by atoms with Crippen LogP contribution in [-0.4, -0.2) is 4.98 Å². The predicted molar refractivity (Wildman–Crippen MR) is 75.6 cm³/mol. The summed E-state index contributed by atoms with van der Waals surface area (Å²) < 4.78 is 14.2. The normalized spacial score (nSPS) is 12.5. The highest BCUT2D eigenvalue weighted by Crippen LogP contribution is 2.27. The Labute approximate surface area is 113 Å². The lowest BCUT2D eigenvalue weighted by atomic mass is 9.93. The molecule has 0 amide bonds. The average Bonchev–Trinajstić information content (AvgIpc) is 2.25. The first-order valence-electron chi connectivity index (χ1n) is 6.36. The third kappa shape index (κ3) is 2.82. The van der Waals surface area contributed by atoms with Crippen molar-refractivity contribution < 1.29 is 4.39 Å². The average molecular weight is 258 g/mol. The Morgan fingerprint density at radius 3 is 2.11 bits per heavy atom. The van der Waals surface area contributed by atoms with Gasteiger partial charge in [-0.15, -0.1) is 0 Å². The minimum absolute atomic E-state index is 0.239. The van der Waals surface area contributed by atoms with Gasteiger partial charge in [0.25, 0.3) is 0 Å². The van der Waals surface area contributed by atoms with Gasteiger partial charge in [0, 0.05) is 17.0 Å². The van der Waals surface area contributed by atoms with Gasteiger partial charge in [0.05, 0.1) is 6.04 Å². The topological polar surface area (TPSA) is 38.9 Å². The van der Waals surface area contributed by atoms with Gasteiger partial charge >= 0.3 is 0 Å². The molecule has 1 atom stereocenters. The number of nitrogens with zero attached hydrogens (tertiary/aromatic N) is 1. The lowest BCUT2D eigenvalue weighted by Gasteiger charge is -2.17. The molecular weight excluding hydrogens is 239 g/mol.